The van der Waals surface area contributed by atoms with Crippen molar-refractivity contribution < 1.29 is 27.8 Å². The number of benzene rings is 2. The van der Waals surface area contributed by atoms with E-state index in [1.807, 2.05) is 0 Å². The summed E-state index contributed by atoms with van der Waals surface area (Å²) < 4.78 is 24.1. The topological polar surface area (TPSA) is 81.7 Å². The van der Waals surface area contributed by atoms with Crippen LogP contribution in [0.2, 0.25) is 0 Å². The van der Waals surface area contributed by atoms with E-state index < -0.39 is 6.03 Å². The van der Waals surface area contributed by atoms with E-state index in [1.165, 1.54) is 40.7 Å². The Morgan fingerprint density at radius 1 is 0.650 bits per heavy atom. The largest absolute Gasteiger partial charge is 0.704 e. The number of fused-ring (bicyclic) bond motifs is 5. The molecule has 6 aliphatic rings. The molecule has 3 unspecified atom stereocenters. The highest BCUT2D eigenvalue weighted by Crippen LogP contribution is 2.48. The van der Waals surface area contributed by atoms with Gasteiger partial charge < -0.3 is 9.47 Å². The number of hydrogen-bond donors (Lipinski definition) is 0. The van der Waals surface area contributed by atoms with Gasteiger partial charge in [0.1, 0.15) is 13.1 Å². The average molecular weight is 803 g/mol. The van der Waals surface area contributed by atoms with E-state index in [0.29, 0.717) is 13.1 Å². The van der Waals surface area contributed by atoms with Crippen molar-refractivity contribution in [2.45, 2.75) is 129 Å². The number of pyridine rings is 2. The van der Waals surface area contributed by atoms with Crippen molar-refractivity contribution in [1.29, 1.82) is 0 Å². The van der Waals surface area contributed by atoms with E-state index in [2.05, 4.69) is 159 Å². The molecular formula is C50H58N8O2+4. The summed E-state index contributed by atoms with van der Waals surface area (Å²) in [5.41, 5.74) is 11.8. The van der Waals surface area contributed by atoms with Gasteiger partial charge in [-0.1, -0.05) is 54.2 Å². The lowest BCUT2D eigenvalue weighted by molar-refractivity contribution is -0.866. The summed E-state index contributed by atoms with van der Waals surface area (Å²) in [6, 6.07) is 21.2. The van der Waals surface area contributed by atoms with Gasteiger partial charge in [0.2, 0.25) is 12.1 Å². The number of azo groups is 2. The minimum Gasteiger partial charge on any atom is -0.340 e. The van der Waals surface area contributed by atoms with Crippen LogP contribution in [-0.4, -0.2) is 52.8 Å². The highest BCUT2D eigenvalue weighted by atomic mass is 16.7. The summed E-state index contributed by atoms with van der Waals surface area (Å²) in [6.07, 6.45) is 23.5. The Morgan fingerprint density at radius 3 is 1.68 bits per heavy atom. The van der Waals surface area contributed by atoms with Crippen molar-refractivity contribution in [2.75, 3.05) is 13.1 Å². The van der Waals surface area contributed by atoms with E-state index in [9.17, 15) is 0 Å². The van der Waals surface area contributed by atoms with E-state index in [-0.39, 0.29) is 17.5 Å². The summed E-state index contributed by atoms with van der Waals surface area (Å²) >= 11 is 0. The van der Waals surface area contributed by atoms with Crippen LogP contribution in [0.25, 0.3) is 0 Å². The first-order chi connectivity index (χ1) is 29.2. The second-order valence-corrected chi connectivity index (χ2v) is 18.6. The Kier molecular flexibility index (Phi) is 10.1. The lowest BCUT2D eigenvalue weighted by atomic mass is 9.83. The summed E-state index contributed by atoms with van der Waals surface area (Å²) in [5.74, 6) is 1.81. The number of aromatic nitrogens is 2. The molecule has 1 spiro atoms. The van der Waals surface area contributed by atoms with Gasteiger partial charge in [-0.15, -0.1) is 0 Å². The van der Waals surface area contributed by atoms with Crippen LogP contribution < -0.4 is 18.6 Å². The van der Waals surface area contributed by atoms with Gasteiger partial charge in [-0.05, 0) is 78.0 Å². The summed E-state index contributed by atoms with van der Waals surface area (Å²) in [4.78, 5) is 0. The molecule has 4 aromatic rings. The molecule has 10 heteroatoms. The van der Waals surface area contributed by atoms with Gasteiger partial charge in [0.25, 0.3) is 0 Å². The number of ether oxygens (including phenoxy) is 2. The molecule has 1 saturated heterocycles. The Balaban J connectivity index is 0.949. The smallest absolute Gasteiger partial charge is 0.340 e. The summed E-state index contributed by atoms with van der Waals surface area (Å²) in [6.45, 7) is 12.4. The monoisotopic (exact) mass is 802 g/mol. The van der Waals surface area contributed by atoms with Crippen LogP contribution in [0.3, 0.4) is 0 Å². The van der Waals surface area contributed by atoms with Gasteiger partial charge in [-0.2, -0.15) is 20.5 Å². The quantitative estimate of drug-likeness (QED) is 0.135. The molecule has 0 radical (unpaired) electrons. The van der Waals surface area contributed by atoms with Crippen molar-refractivity contribution >= 4 is 12.4 Å². The maximum Gasteiger partial charge on any atom is 0.704 e. The molecular weight excluding hydrogens is 745 g/mol. The van der Waals surface area contributed by atoms with E-state index in [1.54, 1.807) is 0 Å². The van der Waals surface area contributed by atoms with Gasteiger partial charge in [0, 0.05) is 68.4 Å². The lowest BCUT2D eigenvalue weighted by Crippen LogP contribution is -2.60. The Bertz CT molecular complexity index is 2510. The van der Waals surface area contributed by atoms with E-state index >= 15 is 0 Å². The second kappa shape index (κ2) is 15.8. The highest BCUT2D eigenvalue weighted by molar-refractivity contribution is 5.85. The number of rotatable bonds is 12. The molecule has 0 N–H and O–H groups in total. The van der Waals surface area contributed by atoms with Crippen molar-refractivity contribution in [1.82, 2.24) is 0 Å². The molecule has 0 bridgehead atoms. The number of nitrogens with zero attached hydrogens (tertiary/aromatic N) is 8. The molecule has 10 rings (SSSR count). The molecule has 60 heavy (non-hydrogen) atoms. The number of aryl methyl sites for hydroxylation is 3. The van der Waals surface area contributed by atoms with Crippen LogP contribution in [0.1, 0.15) is 106 Å². The molecule has 1 saturated carbocycles. The van der Waals surface area contributed by atoms with Gasteiger partial charge in [-0.3, -0.25) is 0 Å². The maximum atomic E-state index is 7.45. The molecule has 1 aliphatic carbocycles. The van der Waals surface area contributed by atoms with Crippen molar-refractivity contribution in [3.63, 3.8) is 0 Å². The lowest BCUT2D eigenvalue weighted by Gasteiger charge is -2.32. The predicted molar refractivity (Wildman–Crippen MR) is 230 cm³/mol. The molecule has 0 amide bonds. The van der Waals surface area contributed by atoms with Crippen molar-refractivity contribution in [2.24, 2.45) is 20.5 Å². The SMILES string of the molecule is Cc1cc(CC2=C(CCC[n+]3ccccc3)CN=N2)cc2c1OC13Oc4c(cc(CC5=C(CCC[n+]6ccccc6)CN=N5)cc4C(C)(C)C)C=[N+]1C1CCCCC1[N+]3=C2. The van der Waals surface area contributed by atoms with Gasteiger partial charge >= 0.3 is 6.03 Å². The molecule has 5 aliphatic heterocycles. The second-order valence-electron chi connectivity index (χ2n) is 18.6. The van der Waals surface area contributed by atoms with Gasteiger partial charge in [-0.25, -0.2) is 9.13 Å². The predicted octanol–water partition coefficient (Wildman–Crippen LogP) is 8.64. The van der Waals surface area contributed by atoms with Gasteiger partial charge in [0.15, 0.2) is 48.7 Å². The zero-order valence-corrected chi connectivity index (χ0v) is 35.7. The van der Waals surface area contributed by atoms with E-state index in [0.717, 1.165) is 104 Å². The average Bonchev–Trinajstić information content (AvgIpc) is 3.96. The van der Waals surface area contributed by atoms with Crippen LogP contribution in [0.5, 0.6) is 11.5 Å². The fourth-order valence-electron chi connectivity index (χ4n) is 10.2. The van der Waals surface area contributed by atoms with Gasteiger partial charge in [0.05, 0.1) is 35.6 Å². The first-order valence-corrected chi connectivity index (χ1v) is 22.2. The Labute approximate surface area is 354 Å². The molecule has 3 atom stereocenters. The first-order valence-electron chi connectivity index (χ1n) is 22.2. The normalized spacial score (nSPS) is 22.4. The van der Waals surface area contributed by atoms with Crippen LogP contribution >= 0.6 is 0 Å². The third-order valence-corrected chi connectivity index (χ3v) is 13.2. The maximum absolute atomic E-state index is 7.45. The zero-order valence-electron chi connectivity index (χ0n) is 35.7. The first kappa shape index (κ1) is 38.6. The fraction of sp³-hybridized carbons (Fsp3) is 0.440. The van der Waals surface area contributed by atoms with Crippen LogP contribution in [-0.2, 0) is 31.3 Å². The van der Waals surface area contributed by atoms with Crippen LogP contribution in [0.15, 0.2) is 128 Å². The molecule has 10 nitrogen and oxygen atoms in total. The summed E-state index contributed by atoms with van der Waals surface area (Å²) in [5, 5.41) is 18.3. The standard InChI is InChI=1S/C50H58N8O2/c1-35-25-36(29-43-38(31-51-53-43)15-13-23-55-19-9-5-10-20-55)26-40-33-57-45-17-7-8-18-46(45)58-34-41-27-37(28-42(49(2,3)4)48(41)60-50(57,58)59-47(35)40)30-44-39(32-52-54-44)16-14-24-56-21-11-6-12-22-56/h5-6,9-12,19-22,25-28,33-34,45-46H,7-8,13-18,23-24,29-32H2,1-4H3/q+4. The minimum atomic E-state index is -1.09. The van der Waals surface area contributed by atoms with Crippen LogP contribution in [0.4, 0.5) is 0 Å². The fourth-order valence-corrected chi connectivity index (χ4v) is 10.2. The van der Waals surface area contributed by atoms with Crippen LogP contribution in [0, 0.1) is 6.92 Å². The zero-order chi connectivity index (χ0) is 40.8. The Hall–Kier alpha value is -5.64. The molecule has 2 fully saturated rings. The molecule has 2 aromatic heterocycles. The summed E-state index contributed by atoms with van der Waals surface area (Å²) in [7, 11) is 0. The van der Waals surface area contributed by atoms with E-state index in [4.69, 9.17) is 14.6 Å². The minimum absolute atomic E-state index is 0.170. The third-order valence-electron chi connectivity index (χ3n) is 13.2. The van der Waals surface area contributed by atoms with Crippen molar-refractivity contribution in [3.05, 3.63) is 141 Å². The molecule has 7 heterocycles. The number of allylic oxidation sites excluding steroid dienone is 2. The third kappa shape index (κ3) is 7.32. The van der Waals surface area contributed by atoms with Crippen molar-refractivity contribution in [3.8, 4) is 11.5 Å². The highest BCUT2D eigenvalue weighted by Gasteiger charge is 2.76. The molecule has 2 aromatic carbocycles. The molecule has 306 valence electrons. The number of hydrogen-bond acceptors (Lipinski definition) is 6. The Morgan fingerprint density at radius 2 is 1.15 bits per heavy atom.